The highest BCUT2D eigenvalue weighted by Crippen LogP contribution is 2.29. The molecule has 0 bridgehead atoms. The molecule has 2 rings (SSSR count). The zero-order chi connectivity index (χ0) is 10.3. The van der Waals surface area contributed by atoms with Gasteiger partial charge in [0.1, 0.15) is 5.52 Å². The van der Waals surface area contributed by atoms with Gasteiger partial charge in [-0.05, 0) is 31.0 Å². The Balaban J connectivity index is 2.84. The maximum atomic E-state index is 5.65. The van der Waals surface area contributed by atoms with Gasteiger partial charge in [-0.3, -0.25) is 0 Å². The summed E-state index contributed by atoms with van der Waals surface area (Å²) in [6.45, 7) is 6.13. The molecule has 0 unspecified atom stereocenters. The topological polar surface area (TPSA) is 26.0 Å². The number of aromatic nitrogens is 1. The summed E-state index contributed by atoms with van der Waals surface area (Å²) in [6.07, 6.45) is 0.838. The summed E-state index contributed by atoms with van der Waals surface area (Å²) in [7, 11) is 0. The standard InChI is InChI=1S/C11H12BrNO/c1-4-9-13-10-7(3)8(12)5-6(2)11(10)14-9/h5H,4H2,1-3H3. The lowest BCUT2D eigenvalue weighted by Crippen LogP contribution is -1.83. The van der Waals surface area contributed by atoms with E-state index in [1.807, 2.05) is 20.8 Å². The predicted octanol–water partition coefficient (Wildman–Crippen LogP) is 3.77. The van der Waals surface area contributed by atoms with Crippen LogP contribution in [0.4, 0.5) is 0 Å². The first-order valence-electron chi connectivity index (χ1n) is 4.68. The Bertz CT molecular complexity index is 487. The number of oxazole rings is 1. The fourth-order valence-corrected chi connectivity index (χ4v) is 2.05. The first kappa shape index (κ1) is 9.71. The molecule has 0 amide bonds. The van der Waals surface area contributed by atoms with E-state index in [9.17, 15) is 0 Å². The average molecular weight is 254 g/mol. The lowest BCUT2D eigenvalue weighted by atomic mass is 10.1. The summed E-state index contributed by atoms with van der Waals surface area (Å²) in [6, 6.07) is 2.07. The van der Waals surface area contributed by atoms with Gasteiger partial charge >= 0.3 is 0 Å². The summed E-state index contributed by atoms with van der Waals surface area (Å²) in [4.78, 5) is 4.46. The Labute approximate surface area is 91.5 Å². The van der Waals surface area contributed by atoms with Gasteiger partial charge in [0.15, 0.2) is 11.5 Å². The van der Waals surface area contributed by atoms with Crippen molar-refractivity contribution in [1.82, 2.24) is 4.98 Å². The number of rotatable bonds is 1. The molecule has 1 aromatic carbocycles. The molecule has 0 fully saturated rings. The maximum absolute atomic E-state index is 5.65. The molecular weight excluding hydrogens is 242 g/mol. The number of benzene rings is 1. The Morgan fingerprint density at radius 3 is 2.79 bits per heavy atom. The molecule has 0 aliphatic heterocycles. The third-order valence-corrected chi connectivity index (χ3v) is 3.21. The van der Waals surface area contributed by atoms with Crippen molar-refractivity contribution in [2.24, 2.45) is 0 Å². The molecule has 0 aliphatic carbocycles. The minimum absolute atomic E-state index is 0.810. The number of hydrogen-bond donors (Lipinski definition) is 0. The van der Waals surface area contributed by atoms with E-state index in [1.165, 1.54) is 0 Å². The first-order valence-corrected chi connectivity index (χ1v) is 5.48. The van der Waals surface area contributed by atoms with Crippen molar-refractivity contribution < 1.29 is 4.42 Å². The van der Waals surface area contributed by atoms with Gasteiger partial charge in [0.25, 0.3) is 0 Å². The van der Waals surface area contributed by atoms with Crippen molar-refractivity contribution in [1.29, 1.82) is 0 Å². The molecule has 2 aromatic rings. The summed E-state index contributed by atoms with van der Waals surface area (Å²) in [5, 5.41) is 0. The van der Waals surface area contributed by atoms with Gasteiger partial charge in [0, 0.05) is 10.9 Å². The van der Waals surface area contributed by atoms with E-state index in [0.717, 1.165) is 39.0 Å². The van der Waals surface area contributed by atoms with Crippen LogP contribution in [0.5, 0.6) is 0 Å². The Morgan fingerprint density at radius 2 is 2.14 bits per heavy atom. The summed E-state index contributed by atoms with van der Waals surface area (Å²) >= 11 is 3.52. The molecule has 0 N–H and O–H groups in total. The number of aryl methyl sites for hydroxylation is 3. The molecule has 14 heavy (non-hydrogen) atoms. The number of nitrogens with zero attached hydrogens (tertiary/aromatic N) is 1. The smallest absolute Gasteiger partial charge is 0.195 e. The van der Waals surface area contributed by atoms with Crippen molar-refractivity contribution in [3.63, 3.8) is 0 Å². The number of hydrogen-bond acceptors (Lipinski definition) is 2. The van der Waals surface area contributed by atoms with Gasteiger partial charge in [-0.1, -0.05) is 22.9 Å². The zero-order valence-electron chi connectivity index (χ0n) is 8.52. The molecule has 1 heterocycles. The van der Waals surface area contributed by atoms with Gasteiger partial charge < -0.3 is 4.42 Å². The first-order chi connectivity index (χ1) is 6.63. The largest absolute Gasteiger partial charge is 0.440 e. The van der Waals surface area contributed by atoms with Crippen LogP contribution in [0, 0.1) is 13.8 Å². The molecule has 0 radical (unpaired) electrons. The van der Waals surface area contributed by atoms with Crippen LogP contribution < -0.4 is 0 Å². The molecule has 0 aliphatic rings. The molecule has 0 saturated heterocycles. The van der Waals surface area contributed by atoms with Gasteiger partial charge in [0.05, 0.1) is 0 Å². The zero-order valence-corrected chi connectivity index (χ0v) is 10.1. The van der Waals surface area contributed by atoms with Crippen LogP contribution in [0.25, 0.3) is 11.1 Å². The Hall–Kier alpha value is -0.830. The summed E-state index contributed by atoms with van der Waals surface area (Å²) in [5.41, 5.74) is 4.18. The molecule has 0 saturated carbocycles. The van der Waals surface area contributed by atoms with E-state index >= 15 is 0 Å². The fraction of sp³-hybridized carbons (Fsp3) is 0.364. The molecule has 1 aromatic heterocycles. The monoisotopic (exact) mass is 253 g/mol. The van der Waals surface area contributed by atoms with Crippen LogP contribution >= 0.6 is 15.9 Å². The minimum Gasteiger partial charge on any atom is -0.440 e. The van der Waals surface area contributed by atoms with Crippen LogP contribution in [0.3, 0.4) is 0 Å². The minimum atomic E-state index is 0.810. The molecular formula is C11H12BrNO. The van der Waals surface area contributed by atoms with Crippen LogP contribution in [0.1, 0.15) is 23.9 Å². The molecule has 0 atom stereocenters. The van der Waals surface area contributed by atoms with Crippen molar-refractivity contribution in [3.8, 4) is 0 Å². The second kappa shape index (κ2) is 3.39. The highest BCUT2D eigenvalue weighted by molar-refractivity contribution is 9.10. The predicted molar refractivity (Wildman–Crippen MR) is 60.6 cm³/mol. The summed E-state index contributed by atoms with van der Waals surface area (Å²) in [5.74, 6) is 0.810. The second-order valence-corrected chi connectivity index (χ2v) is 4.29. The van der Waals surface area contributed by atoms with E-state index in [2.05, 4.69) is 27.0 Å². The van der Waals surface area contributed by atoms with Gasteiger partial charge in [-0.25, -0.2) is 4.98 Å². The van der Waals surface area contributed by atoms with Gasteiger partial charge in [0.2, 0.25) is 0 Å². The highest BCUT2D eigenvalue weighted by Gasteiger charge is 2.11. The fourth-order valence-electron chi connectivity index (χ4n) is 1.51. The SMILES string of the molecule is CCc1nc2c(C)c(Br)cc(C)c2o1. The van der Waals surface area contributed by atoms with Crippen LogP contribution in [0.15, 0.2) is 15.0 Å². The molecule has 2 nitrogen and oxygen atoms in total. The number of fused-ring (bicyclic) bond motifs is 1. The third-order valence-electron chi connectivity index (χ3n) is 2.39. The number of halogens is 1. The second-order valence-electron chi connectivity index (χ2n) is 3.44. The third kappa shape index (κ3) is 1.36. The van der Waals surface area contributed by atoms with E-state index in [4.69, 9.17) is 4.42 Å². The van der Waals surface area contributed by atoms with Gasteiger partial charge in [-0.15, -0.1) is 0 Å². The Kier molecular flexibility index (Phi) is 2.35. The molecule has 3 heteroatoms. The van der Waals surface area contributed by atoms with Crippen molar-refractivity contribution in [2.45, 2.75) is 27.2 Å². The highest BCUT2D eigenvalue weighted by atomic mass is 79.9. The normalized spacial score (nSPS) is 11.1. The van der Waals surface area contributed by atoms with E-state index in [-0.39, 0.29) is 0 Å². The van der Waals surface area contributed by atoms with Crippen LogP contribution in [0.2, 0.25) is 0 Å². The maximum Gasteiger partial charge on any atom is 0.195 e. The van der Waals surface area contributed by atoms with E-state index < -0.39 is 0 Å². The van der Waals surface area contributed by atoms with Gasteiger partial charge in [-0.2, -0.15) is 0 Å². The quantitative estimate of drug-likeness (QED) is 0.774. The average Bonchev–Trinajstić information content (AvgIpc) is 2.58. The molecule has 74 valence electrons. The van der Waals surface area contributed by atoms with Crippen molar-refractivity contribution in [2.75, 3.05) is 0 Å². The van der Waals surface area contributed by atoms with Crippen LogP contribution in [-0.2, 0) is 6.42 Å². The Morgan fingerprint density at radius 1 is 1.43 bits per heavy atom. The summed E-state index contributed by atoms with van der Waals surface area (Å²) < 4.78 is 6.75. The molecule has 0 spiro atoms. The van der Waals surface area contributed by atoms with Crippen molar-refractivity contribution >= 4 is 27.0 Å². The van der Waals surface area contributed by atoms with E-state index in [0.29, 0.717) is 0 Å². The van der Waals surface area contributed by atoms with Crippen molar-refractivity contribution in [3.05, 3.63) is 27.6 Å². The lowest BCUT2D eigenvalue weighted by molar-refractivity contribution is 0.536. The van der Waals surface area contributed by atoms with E-state index in [1.54, 1.807) is 0 Å². The van der Waals surface area contributed by atoms with Crippen LogP contribution in [-0.4, -0.2) is 4.98 Å². The lowest BCUT2D eigenvalue weighted by Gasteiger charge is -2.00.